The highest BCUT2D eigenvalue weighted by Gasteiger charge is 2.51. The first-order valence-electron chi connectivity index (χ1n) is 6.54. The van der Waals surface area contributed by atoms with E-state index in [1.165, 1.54) is 0 Å². The molecule has 20 heavy (non-hydrogen) atoms. The number of esters is 2. The summed E-state index contributed by atoms with van der Waals surface area (Å²) in [6.45, 7) is 3.74. The molecule has 0 spiro atoms. The van der Waals surface area contributed by atoms with Crippen molar-refractivity contribution in [2.24, 2.45) is 5.92 Å². The van der Waals surface area contributed by atoms with Crippen molar-refractivity contribution in [2.45, 2.75) is 25.9 Å². The molecular weight excluding hydrogens is 260 g/mol. The number of ether oxygens (including phenoxy) is 3. The van der Waals surface area contributed by atoms with Crippen molar-refractivity contribution in [3.8, 4) is 5.75 Å². The Morgan fingerprint density at radius 1 is 1.50 bits per heavy atom. The molecule has 1 aliphatic rings. The van der Waals surface area contributed by atoms with Gasteiger partial charge in [0.2, 0.25) is 0 Å². The van der Waals surface area contributed by atoms with Crippen LogP contribution in [-0.2, 0) is 24.7 Å². The number of hydrogen-bond donors (Lipinski definition) is 0. The largest absolute Gasteiger partial charge is 0.497 e. The van der Waals surface area contributed by atoms with Crippen molar-refractivity contribution in [1.29, 1.82) is 0 Å². The van der Waals surface area contributed by atoms with E-state index < -0.39 is 23.5 Å². The van der Waals surface area contributed by atoms with E-state index in [2.05, 4.69) is 0 Å². The summed E-state index contributed by atoms with van der Waals surface area (Å²) in [7, 11) is 1.56. The first kappa shape index (κ1) is 14.4. The lowest BCUT2D eigenvalue weighted by atomic mass is 9.83. The van der Waals surface area contributed by atoms with Gasteiger partial charge in [0.15, 0.2) is 0 Å². The van der Waals surface area contributed by atoms with Crippen LogP contribution in [0.25, 0.3) is 0 Å². The third kappa shape index (κ3) is 2.48. The van der Waals surface area contributed by atoms with Gasteiger partial charge in [-0.1, -0.05) is 12.1 Å². The molecule has 1 aromatic carbocycles. The third-order valence-corrected chi connectivity index (χ3v) is 3.58. The van der Waals surface area contributed by atoms with Crippen molar-refractivity contribution in [3.05, 3.63) is 29.8 Å². The van der Waals surface area contributed by atoms with Crippen LogP contribution in [0.3, 0.4) is 0 Å². The van der Waals surface area contributed by atoms with Gasteiger partial charge in [-0.05, 0) is 31.5 Å². The molecule has 1 saturated heterocycles. The molecule has 0 aromatic heterocycles. The lowest BCUT2D eigenvalue weighted by Crippen LogP contribution is -2.35. The van der Waals surface area contributed by atoms with E-state index in [1.54, 1.807) is 39.2 Å². The summed E-state index contributed by atoms with van der Waals surface area (Å²) >= 11 is 0. The lowest BCUT2D eigenvalue weighted by Gasteiger charge is -2.28. The first-order chi connectivity index (χ1) is 9.51. The molecule has 0 N–H and O–H groups in total. The second-order valence-corrected chi connectivity index (χ2v) is 4.82. The highest BCUT2D eigenvalue weighted by molar-refractivity contribution is 5.85. The van der Waals surface area contributed by atoms with Crippen molar-refractivity contribution >= 4 is 11.9 Å². The van der Waals surface area contributed by atoms with Gasteiger partial charge in [0.05, 0.1) is 20.1 Å². The molecule has 0 unspecified atom stereocenters. The summed E-state index contributed by atoms with van der Waals surface area (Å²) < 4.78 is 15.6. The Kier molecular flexibility index (Phi) is 3.97. The Hall–Kier alpha value is -2.04. The number of carbonyl (C=O) groups is 2. The molecule has 0 amide bonds. The molecule has 2 rings (SSSR count). The van der Waals surface area contributed by atoms with Gasteiger partial charge in [-0.2, -0.15) is 0 Å². The molecule has 1 heterocycles. The molecule has 1 fully saturated rings. The fraction of sp³-hybridized carbons (Fsp3) is 0.467. The predicted octanol–water partition coefficient (Wildman–Crippen LogP) is 2.04. The lowest BCUT2D eigenvalue weighted by molar-refractivity contribution is -0.157. The van der Waals surface area contributed by atoms with Crippen LogP contribution in [0.4, 0.5) is 0 Å². The van der Waals surface area contributed by atoms with Crippen LogP contribution < -0.4 is 4.74 Å². The fourth-order valence-corrected chi connectivity index (χ4v) is 2.45. The molecule has 5 heteroatoms. The number of carbonyl (C=O) groups excluding carboxylic acids is 2. The average Bonchev–Trinajstić information content (AvgIpc) is 2.76. The minimum Gasteiger partial charge on any atom is -0.497 e. The highest BCUT2D eigenvalue weighted by Crippen LogP contribution is 2.43. The zero-order valence-corrected chi connectivity index (χ0v) is 11.8. The van der Waals surface area contributed by atoms with E-state index in [0.717, 1.165) is 5.56 Å². The number of cyclic esters (lactones) is 1. The van der Waals surface area contributed by atoms with Gasteiger partial charge >= 0.3 is 11.9 Å². The minimum absolute atomic E-state index is 0.0343. The maximum atomic E-state index is 12.0. The second-order valence-electron chi connectivity index (χ2n) is 4.82. The summed E-state index contributed by atoms with van der Waals surface area (Å²) in [5.41, 5.74) is -0.293. The van der Waals surface area contributed by atoms with Gasteiger partial charge in [-0.25, -0.2) is 0 Å². The first-order valence-corrected chi connectivity index (χ1v) is 6.54. The Balaban J connectivity index is 2.38. The molecule has 108 valence electrons. The quantitative estimate of drug-likeness (QED) is 0.789. The molecule has 2 atom stereocenters. The van der Waals surface area contributed by atoms with E-state index in [0.29, 0.717) is 5.75 Å². The molecule has 0 bridgehead atoms. The summed E-state index contributed by atoms with van der Waals surface area (Å²) in [4.78, 5) is 23.7. The zero-order valence-electron chi connectivity index (χ0n) is 11.8. The Morgan fingerprint density at radius 2 is 2.25 bits per heavy atom. The van der Waals surface area contributed by atoms with Gasteiger partial charge < -0.3 is 14.2 Å². The Labute approximate surface area is 117 Å². The molecule has 0 saturated carbocycles. The Bertz CT molecular complexity index is 525. The van der Waals surface area contributed by atoms with E-state index in [4.69, 9.17) is 14.2 Å². The maximum Gasteiger partial charge on any atom is 0.313 e. The SMILES string of the molecule is CCOC(=O)[C@@H]1CC(=O)O[C@@]1(C)c1cccc(OC)c1. The van der Waals surface area contributed by atoms with E-state index in [-0.39, 0.29) is 13.0 Å². The van der Waals surface area contributed by atoms with Gasteiger partial charge in [0.1, 0.15) is 17.3 Å². The van der Waals surface area contributed by atoms with Crippen LogP contribution in [0.15, 0.2) is 24.3 Å². The smallest absolute Gasteiger partial charge is 0.313 e. The van der Waals surface area contributed by atoms with Crippen LogP contribution in [0.5, 0.6) is 5.75 Å². The van der Waals surface area contributed by atoms with Gasteiger partial charge in [0.25, 0.3) is 0 Å². The Morgan fingerprint density at radius 3 is 2.90 bits per heavy atom. The molecular formula is C15H18O5. The van der Waals surface area contributed by atoms with Crippen LogP contribution in [0.1, 0.15) is 25.8 Å². The van der Waals surface area contributed by atoms with Gasteiger partial charge in [0, 0.05) is 0 Å². The van der Waals surface area contributed by atoms with E-state index in [9.17, 15) is 9.59 Å². The van der Waals surface area contributed by atoms with Gasteiger partial charge in [-0.3, -0.25) is 9.59 Å². The molecule has 5 nitrogen and oxygen atoms in total. The normalized spacial score (nSPS) is 25.1. The van der Waals surface area contributed by atoms with Crippen molar-refractivity contribution in [3.63, 3.8) is 0 Å². The summed E-state index contributed by atoms with van der Waals surface area (Å²) in [5.74, 6) is -0.798. The molecule has 1 aliphatic heterocycles. The predicted molar refractivity (Wildman–Crippen MR) is 71.2 cm³/mol. The monoisotopic (exact) mass is 278 g/mol. The molecule has 1 aromatic rings. The third-order valence-electron chi connectivity index (χ3n) is 3.58. The topological polar surface area (TPSA) is 61.8 Å². The summed E-state index contributed by atoms with van der Waals surface area (Å²) in [6, 6.07) is 7.18. The maximum absolute atomic E-state index is 12.0. The van der Waals surface area contributed by atoms with E-state index >= 15 is 0 Å². The average molecular weight is 278 g/mol. The standard InChI is InChI=1S/C15H18O5/c1-4-19-14(17)12-9-13(16)20-15(12,2)10-6-5-7-11(8-10)18-3/h5-8,12H,4,9H2,1-3H3/t12-,15-/m0/s1. The molecule has 0 radical (unpaired) electrons. The van der Waals surface area contributed by atoms with Crippen LogP contribution in [0, 0.1) is 5.92 Å². The van der Waals surface area contributed by atoms with Crippen molar-refractivity contribution in [1.82, 2.24) is 0 Å². The van der Waals surface area contributed by atoms with Crippen molar-refractivity contribution in [2.75, 3.05) is 13.7 Å². The van der Waals surface area contributed by atoms with E-state index in [1.807, 2.05) is 6.07 Å². The van der Waals surface area contributed by atoms with Gasteiger partial charge in [-0.15, -0.1) is 0 Å². The second kappa shape index (κ2) is 5.53. The number of hydrogen-bond acceptors (Lipinski definition) is 5. The zero-order chi connectivity index (χ0) is 14.8. The highest BCUT2D eigenvalue weighted by atomic mass is 16.6. The summed E-state index contributed by atoms with van der Waals surface area (Å²) in [6.07, 6.45) is 0.0343. The van der Waals surface area contributed by atoms with Crippen LogP contribution in [-0.4, -0.2) is 25.7 Å². The number of benzene rings is 1. The molecule has 0 aliphatic carbocycles. The minimum atomic E-state index is -1.02. The van der Waals surface area contributed by atoms with Crippen LogP contribution >= 0.6 is 0 Å². The number of rotatable bonds is 4. The fourth-order valence-electron chi connectivity index (χ4n) is 2.45. The number of methoxy groups -OCH3 is 1. The van der Waals surface area contributed by atoms with Crippen LogP contribution in [0.2, 0.25) is 0 Å². The summed E-state index contributed by atoms with van der Waals surface area (Å²) in [5, 5.41) is 0. The van der Waals surface area contributed by atoms with Crippen molar-refractivity contribution < 1.29 is 23.8 Å².